The molecule has 3 atom stereocenters. The summed E-state index contributed by atoms with van der Waals surface area (Å²) in [5.74, 6) is -0.378. The minimum absolute atomic E-state index is 0.0860. The fourth-order valence-electron chi connectivity index (χ4n) is 4.49. The number of carbonyl (C=O) groups excluding carboxylic acids is 1. The predicted octanol–water partition coefficient (Wildman–Crippen LogP) is 3.17. The van der Waals surface area contributed by atoms with Gasteiger partial charge in [-0.2, -0.15) is 4.31 Å². The molecule has 2 aliphatic rings. The number of hydrogen-bond donors (Lipinski definition) is 0. The summed E-state index contributed by atoms with van der Waals surface area (Å²) in [5.41, 5.74) is 2.10. The van der Waals surface area contributed by atoms with Gasteiger partial charge in [0.2, 0.25) is 10.0 Å². The minimum Gasteiger partial charge on any atom is -0.366 e. The number of rotatable bonds is 5. The lowest BCUT2D eigenvalue weighted by atomic mass is 9.87. The zero-order chi connectivity index (χ0) is 20.8. The molecule has 2 aromatic rings. The average molecular weight is 529 g/mol. The second kappa shape index (κ2) is 7.92. The predicted molar refractivity (Wildman–Crippen MR) is 116 cm³/mol. The molecule has 4 rings (SSSR count). The molecule has 3 unspecified atom stereocenters. The third kappa shape index (κ3) is 3.68. The fourth-order valence-corrected chi connectivity index (χ4v) is 6.31. The molecule has 0 N–H and O–H groups in total. The summed E-state index contributed by atoms with van der Waals surface area (Å²) in [5, 5.41) is 0. The Morgan fingerprint density at radius 1 is 1.31 bits per heavy atom. The van der Waals surface area contributed by atoms with Crippen LogP contribution in [0.3, 0.4) is 0 Å². The number of halogens is 2. The summed E-state index contributed by atoms with van der Waals surface area (Å²) in [4.78, 5) is 18.0. The van der Waals surface area contributed by atoms with E-state index in [0.717, 1.165) is 39.8 Å². The zero-order valence-electron chi connectivity index (χ0n) is 15.8. The van der Waals surface area contributed by atoms with E-state index >= 15 is 0 Å². The first kappa shape index (κ1) is 20.7. The summed E-state index contributed by atoms with van der Waals surface area (Å²) >= 11 is 2.16. The van der Waals surface area contributed by atoms with Crippen LogP contribution >= 0.6 is 22.6 Å². The number of aldehydes is 1. The minimum atomic E-state index is -3.72. The summed E-state index contributed by atoms with van der Waals surface area (Å²) in [6.45, 7) is 0.546. The maximum Gasteiger partial charge on any atom is 0.243 e. The van der Waals surface area contributed by atoms with E-state index in [1.807, 2.05) is 12.3 Å². The molecule has 0 spiro atoms. The van der Waals surface area contributed by atoms with Crippen LogP contribution in [0.1, 0.15) is 30.7 Å². The largest absolute Gasteiger partial charge is 0.366 e. The standard InChI is InChI=1S/C20H21FIN3O3S/c1-24(29(27,28)15-5-2-13(21)3-6-15)14-4-7-18-16(8-9-26)17-11-23-20(22)10-19(17)25(18)12-14/h2-3,5-6,9-11,14,16,18H,4,7-8,12H2,1H3. The molecule has 2 aliphatic heterocycles. The van der Waals surface area contributed by atoms with E-state index in [2.05, 4.69) is 32.5 Å². The summed E-state index contributed by atoms with van der Waals surface area (Å²) in [6, 6.07) is 6.88. The Hall–Kier alpha value is -1.59. The number of aromatic nitrogens is 1. The normalized spacial score (nSPS) is 23.7. The lowest BCUT2D eigenvalue weighted by Crippen LogP contribution is -2.52. The smallest absolute Gasteiger partial charge is 0.243 e. The van der Waals surface area contributed by atoms with Crippen molar-refractivity contribution in [2.45, 2.75) is 42.2 Å². The summed E-state index contributed by atoms with van der Waals surface area (Å²) in [6.07, 6.45) is 4.72. The van der Waals surface area contributed by atoms with Gasteiger partial charge in [0, 0.05) is 49.9 Å². The average Bonchev–Trinajstić information content (AvgIpc) is 3.00. The van der Waals surface area contributed by atoms with E-state index in [1.54, 1.807) is 7.05 Å². The Bertz CT molecular complexity index is 1030. The highest BCUT2D eigenvalue weighted by Gasteiger charge is 2.44. The van der Waals surface area contributed by atoms with Crippen molar-refractivity contribution in [2.24, 2.45) is 0 Å². The Labute approximate surface area is 183 Å². The van der Waals surface area contributed by atoms with Crippen LogP contribution < -0.4 is 4.90 Å². The van der Waals surface area contributed by atoms with E-state index in [-0.39, 0.29) is 22.9 Å². The molecule has 0 aliphatic carbocycles. The van der Waals surface area contributed by atoms with Crippen LogP contribution in [0.15, 0.2) is 41.4 Å². The molecule has 1 aromatic heterocycles. The Kier molecular flexibility index (Phi) is 5.64. The van der Waals surface area contributed by atoms with Crippen LogP contribution in [0, 0.1) is 9.52 Å². The number of carbonyl (C=O) groups is 1. The molecule has 0 amide bonds. The van der Waals surface area contributed by atoms with Gasteiger partial charge in [-0.3, -0.25) is 0 Å². The van der Waals surface area contributed by atoms with Gasteiger partial charge < -0.3 is 9.69 Å². The van der Waals surface area contributed by atoms with Gasteiger partial charge in [-0.1, -0.05) is 0 Å². The third-order valence-electron chi connectivity index (χ3n) is 6.01. The SMILES string of the molecule is CN(C1CCC2C(CC=O)c3cnc(I)cc3N2C1)S(=O)(=O)c1ccc(F)cc1. The second-order valence-electron chi connectivity index (χ2n) is 7.50. The van der Waals surface area contributed by atoms with Gasteiger partial charge in [-0.15, -0.1) is 0 Å². The monoisotopic (exact) mass is 529 g/mol. The van der Waals surface area contributed by atoms with Gasteiger partial charge in [0.1, 0.15) is 15.8 Å². The molecular weight excluding hydrogens is 508 g/mol. The number of likely N-dealkylation sites (N-methyl/N-ethyl adjacent to an activating group) is 1. The highest BCUT2D eigenvalue weighted by molar-refractivity contribution is 14.1. The molecule has 0 saturated carbocycles. The molecule has 0 radical (unpaired) electrons. The van der Waals surface area contributed by atoms with Crippen molar-refractivity contribution in [3.05, 3.63) is 51.6 Å². The van der Waals surface area contributed by atoms with Crippen LogP contribution in [0.5, 0.6) is 0 Å². The van der Waals surface area contributed by atoms with Crippen molar-refractivity contribution in [1.29, 1.82) is 0 Å². The molecule has 3 heterocycles. The van der Waals surface area contributed by atoms with Gasteiger partial charge in [-0.05, 0) is 71.3 Å². The fraction of sp³-hybridized carbons (Fsp3) is 0.400. The molecule has 1 saturated heterocycles. The number of benzene rings is 1. The lowest BCUT2D eigenvalue weighted by molar-refractivity contribution is -0.108. The quantitative estimate of drug-likeness (QED) is 0.338. The van der Waals surface area contributed by atoms with E-state index < -0.39 is 15.8 Å². The zero-order valence-corrected chi connectivity index (χ0v) is 18.8. The van der Waals surface area contributed by atoms with E-state index in [0.29, 0.717) is 19.4 Å². The first-order valence-electron chi connectivity index (χ1n) is 9.42. The molecule has 29 heavy (non-hydrogen) atoms. The Morgan fingerprint density at radius 3 is 2.72 bits per heavy atom. The van der Waals surface area contributed by atoms with Crippen LogP contribution in [-0.2, 0) is 14.8 Å². The maximum absolute atomic E-state index is 13.2. The van der Waals surface area contributed by atoms with E-state index in [9.17, 15) is 17.6 Å². The molecule has 1 aromatic carbocycles. The van der Waals surface area contributed by atoms with Crippen molar-refractivity contribution >= 4 is 44.6 Å². The number of piperidine rings is 1. The summed E-state index contributed by atoms with van der Waals surface area (Å²) in [7, 11) is -2.14. The van der Waals surface area contributed by atoms with Gasteiger partial charge in [0.05, 0.1) is 4.90 Å². The van der Waals surface area contributed by atoms with Crippen LogP contribution in [0.4, 0.5) is 10.1 Å². The molecule has 0 bridgehead atoms. The first-order valence-corrected chi connectivity index (χ1v) is 11.9. The molecule has 9 heteroatoms. The molecule has 1 fully saturated rings. The molecule has 6 nitrogen and oxygen atoms in total. The van der Waals surface area contributed by atoms with Crippen LogP contribution in [0.25, 0.3) is 0 Å². The van der Waals surface area contributed by atoms with Crippen molar-refractivity contribution in [3.63, 3.8) is 0 Å². The van der Waals surface area contributed by atoms with Crippen LogP contribution in [0.2, 0.25) is 0 Å². The second-order valence-corrected chi connectivity index (χ2v) is 10.6. The maximum atomic E-state index is 13.2. The number of nitrogens with zero attached hydrogens (tertiary/aromatic N) is 3. The van der Waals surface area contributed by atoms with E-state index in [1.165, 1.54) is 16.4 Å². The number of pyridine rings is 1. The van der Waals surface area contributed by atoms with Gasteiger partial charge >= 0.3 is 0 Å². The third-order valence-corrected chi connectivity index (χ3v) is 8.52. The van der Waals surface area contributed by atoms with E-state index in [4.69, 9.17) is 0 Å². The van der Waals surface area contributed by atoms with Gasteiger partial charge in [0.15, 0.2) is 0 Å². The van der Waals surface area contributed by atoms with Crippen molar-refractivity contribution < 1.29 is 17.6 Å². The van der Waals surface area contributed by atoms with Crippen LogP contribution in [-0.4, -0.2) is 49.7 Å². The van der Waals surface area contributed by atoms with Crippen molar-refractivity contribution in [2.75, 3.05) is 18.5 Å². The molecule has 154 valence electrons. The summed E-state index contributed by atoms with van der Waals surface area (Å²) < 4.78 is 41.5. The highest BCUT2D eigenvalue weighted by Crippen LogP contribution is 2.46. The number of anilines is 1. The van der Waals surface area contributed by atoms with Gasteiger partial charge in [-0.25, -0.2) is 17.8 Å². The van der Waals surface area contributed by atoms with Gasteiger partial charge in [0.25, 0.3) is 0 Å². The van der Waals surface area contributed by atoms with Crippen molar-refractivity contribution in [1.82, 2.24) is 9.29 Å². The topological polar surface area (TPSA) is 70.6 Å². The highest BCUT2D eigenvalue weighted by atomic mass is 127. The van der Waals surface area contributed by atoms with Crippen molar-refractivity contribution in [3.8, 4) is 0 Å². The number of fused-ring (bicyclic) bond motifs is 3. The number of hydrogen-bond acceptors (Lipinski definition) is 5. The Balaban J connectivity index is 1.62. The first-order chi connectivity index (χ1) is 13.8. The Morgan fingerprint density at radius 2 is 2.03 bits per heavy atom. The number of sulfonamides is 1. The lowest BCUT2D eigenvalue weighted by Gasteiger charge is -2.41. The molecular formula is C20H21FIN3O3S.